The maximum Gasteiger partial charge on any atom is 0.314 e. The van der Waals surface area contributed by atoms with Gasteiger partial charge in [0.25, 0.3) is 0 Å². The number of carbonyl (C=O) groups excluding carboxylic acids is 1. The van der Waals surface area contributed by atoms with E-state index >= 15 is 0 Å². The van der Waals surface area contributed by atoms with Crippen LogP contribution in [-0.4, -0.2) is 86.1 Å². The summed E-state index contributed by atoms with van der Waals surface area (Å²) in [5.41, 5.74) is -1.94. The highest BCUT2D eigenvalue weighted by atomic mass is 16.7. The van der Waals surface area contributed by atoms with Crippen molar-refractivity contribution in [3.05, 3.63) is 0 Å². The van der Waals surface area contributed by atoms with E-state index in [4.69, 9.17) is 9.47 Å². The van der Waals surface area contributed by atoms with Gasteiger partial charge in [-0.25, -0.2) is 0 Å². The molecule has 9 nitrogen and oxygen atoms in total. The fourth-order valence-corrected chi connectivity index (χ4v) is 9.46. The molecule has 0 aromatic heterocycles. The third kappa shape index (κ3) is 3.64. The average molecular weight is 499 g/mol. The third-order valence-corrected chi connectivity index (χ3v) is 11.1. The van der Waals surface area contributed by atoms with Crippen molar-refractivity contribution in [2.45, 2.75) is 108 Å². The van der Waals surface area contributed by atoms with Gasteiger partial charge in [0, 0.05) is 0 Å². The van der Waals surface area contributed by atoms with Crippen LogP contribution < -0.4 is 0 Å². The number of aliphatic hydroxyl groups is 6. The van der Waals surface area contributed by atoms with Gasteiger partial charge < -0.3 is 40.1 Å². The van der Waals surface area contributed by atoms with Crippen molar-refractivity contribution in [1.29, 1.82) is 0 Å². The summed E-state index contributed by atoms with van der Waals surface area (Å²) in [6.45, 7) is 3.44. The van der Waals surface area contributed by atoms with Crippen molar-refractivity contribution in [2.24, 2.45) is 34.0 Å². The summed E-state index contributed by atoms with van der Waals surface area (Å²) in [4.78, 5) is 13.7. The zero-order valence-corrected chi connectivity index (χ0v) is 20.8. The number of ether oxygens (including phenoxy) is 2. The van der Waals surface area contributed by atoms with Crippen molar-refractivity contribution in [3.8, 4) is 0 Å². The molecule has 6 unspecified atom stereocenters. The SMILES string of the molecule is C[C@@]1(C(=O)OC2OC(CO)C(O)C(O)C2O)CCC[C@]2(C)C1CC[C@@]13C[C@H](CC[C@H]12)[C@](O)(CO)C3. The Morgan fingerprint density at radius 3 is 2.40 bits per heavy atom. The lowest BCUT2D eigenvalue weighted by Gasteiger charge is -2.63. The minimum Gasteiger partial charge on any atom is -0.432 e. The van der Waals surface area contributed by atoms with Crippen LogP contribution in [0, 0.1) is 34.0 Å². The summed E-state index contributed by atoms with van der Waals surface area (Å²) in [6.07, 6.45) is 0.327. The molecule has 0 radical (unpaired) electrons. The van der Waals surface area contributed by atoms with Crippen LogP contribution in [0.1, 0.15) is 71.6 Å². The molecule has 1 heterocycles. The topological polar surface area (TPSA) is 157 Å². The second-order valence-electron chi connectivity index (χ2n) is 12.8. The van der Waals surface area contributed by atoms with E-state index in [0.29, 0.717) is 18.8 Å². The molecule has 6 N–H and O–H groups in total. The first kappa shape index (κ1) is 25.8. The van der Waals surface area contributed by atoms with Crippen LogP contribution in [0.3, 0.4) is 0 Å². The summed E-state index contributed by atoms with van der Waals surface area (Å²) in [5.74, 6) is 0.0529. The monoisotopic (exact) mass is 498 g/mol. The Morgan fingerprint density at radius 2 is 1.71 bits per heavy atom. The first-order valence-electron chi connectivity index (χ1n) is 13.3. The van der Waals surface area contributed by atoms with Crippen LogP contribution in [0.5, 0.6) is 0 Å². The minimum absolute atomic E-state index is 0.00886. The molecule has 5 fully saturated rings. The van der Waals surface area contributed by atoms with Crippen LogP contribution in [0.4, 0.5) is 0 Å². The number of fused-ring (bicyclic) bond motifs is 3. The Balaban J connectivity index is 1.38. The molecule has 4 saturated carbocycles. The van der Waals surface area contributed by atoms with Crippen LogP contribution in [0.25, 0.3) is 0 Å². The number of aliphatic hydroxyl groups excluding tert-OH is 5. The van der Waals surface area contributed by atoms with Crippen molar-refractivity contribution in [2.75, 3.05) is 13.2 Å². The lowest BCUT2D eigenvalue weighted by molar-refractivity contribution is -0.298. The molecule has 12 atom stereocenters. The van der Waals surface area contributed by atoms with Gasteiger partial charge in [-0.2, -0.15) is 0 Å². The summed E-state index contributed by atoms with van der Waals surface area (Å²) >= 11 is 0. The second kappa shape index (κ2) is 8.61. The Bertz CT molecular complexity index is 836. The largest absolute Gasteiger partial charge is 0.432 e. The summed E-state index contributed by atoms with van der Waals surface area (Å²) < 4.78 is 11.1. The van der Waals surface area contributed by atoms with Crippen LogP contribution >= 0.6 is 0 Å². The van der Waals surface area contributed by atoms with Gasteiger partial charge in [-0.3, -0.25) is 4.79 Å². The van der Waals surface area contributed by atoms with Crippen molar-refractivity contribution in [1.82, 2.24) is 0 Å². The van der Waals surface area contributed by atoms with Gasteiger partial charge in [-0.05, 0) is 86.9 Å². The fraction of sp³-hybridized carbons (Fsp3) is 0.962. The molecule has 0 aromatic carbocycles. The van der Waals surface area contributed by atoms with Crippen molar-refractivity contribution < 1.29 is 44.9 Å². The molecule has 1 saturated heterocycles. The van der Waals surface area contributed by atoms with Crippen molar-refractivity contribution in [3.63, 3.8) is 0 Å². The Kier molecular flexibility index (Phi) is 6.35. The summed E-state index contributed by atoms with van der Waals surface area (Å²) in [5, 5.41) is 61.1. The molecular formula is C26H42O9. The van der Waals surface area contributed by atoms with Gasteiger partial charge in [0.05, 0.1) is 24.2 Å². The number of rotatable bonds is 4. The quantitative estimate of drug-likeness (QED) is 0.303. The molecule has 1 aliphatic heterocycles. The van der Waals surface area contributed by atoms with E-state index in [1.54, 1.807) is 0 Å². The summed E-state index contributed by atoms with van der Waals surface area (Å²) in [6, 6.07) is 0. The molecule has 2 bridgehead atoms. The van der Waals surface area contributed by atoms with Gasteiger partial charge in [0.15, 0.2) is 0 Å². The number of hydrogen-bond acceptors (Lipinski definition) is 9. The summed E-state index contributed by atoms with van der Waals surface area (Å²) in [7, 11) is 0. The van der Waals surface area contributed by atoms with Gasteiger partial charge in [0.2, 0.25) is 6.29 Å². The highest BCUT2D eigenvalue weighted by Gasteiger charge is 2.68. The second-order valence-corrected chi connectivity index (χ2v) is 12.8. The molecule has 35 heavy (non-hydrogen) atoms. The molecular weight excluding hydrogens is 456 g/mol. The molecule has 200 valence electrons. The highest BCUT2D eigenvalue weighted by Crippen LogP contribution is 2.73. The third-order valence-electron chi connectivity index (χ3n) is 11.1. The van der Waals surface area contributed by atoms with Crippen LogP contribution in [0.2, 0.25) is 0 Å². The van der Waals surface area contributed by atoms with E-state index in [1.165, 1.54) is 0 Å². The molecule has 9 heteroatoms. The molecule has 0 aromatic rings. The smallest absolute Gasteiger partial charge is 0.314 e. The van der Waals surface area contributed by atoms with E-state index in [-0.39, 0.29) is 29.3 Å². The Labute approximate surface area is 206 Å². The van der Waals surface area contributed by atoms with Crippen LogP contribution in [0.15, 0.2) is 0 Å². The Hall–Kier alpha value is -0.810. The molecule has 4 aliphatic carbocycles. The zero-order valence-electron chi connectivity index (χ0n) is 20.8. The van der Waals surface area contributed by atoms with E-state index in [9.17, 15) is 35.4 Å². The van der Waals surface area contributed by atoms with E-state index in [1.807, 2.05) is 6.92 Å². The molecule has 0 amide bonds. The van der Waals surface area contributed by atoms with Crippen molar-refractivity contribution >= 4 is 5.97 Å². The van der Waals surface area contributed by atoms with Gasteiger partial charge in [-0.1, -0.05) is 13.3 Å². The van der Waals surface area contributed by atoms with E-state index in [0.717, 1.165) is 44.9 Å². The Morgan fingerprint density at radius 1 is 0.971 bits per heavy atom. The normalized spacial score (nSPS) is 55.7. The highest BCUT2D eigenvalue weighted by molar-refractivity contribution is 5.77. The minimum atomic E-state index is -1.62. The number of carbonyl (C=O) groups is 1. The van der Waals surface area contributed by atoms with Gasteiger partial charge in [-0.15, -0.1) is 0 Å². The molecule has 5 rings (SSSR count). The molecule has 1 spiro atoms. The lowest BCUT2D eigenvalue weighted by Crippen LogP contribution is -2.61. The van der Waals surface area contributed by atoms with Crippen LogP contribution in [-0.2, 0) is 14.3 Å². The standard InChI is InChI=1S/C26H42O9/c1-23-7-3-8-24(2,22(32)35-21-20(31)19(30)18(29)15(11-27)34-21)16(23)6-9-25-10-14(4-5-17(23)25)26(33,12-25)13-28/h14-21,27-31,33H,3-13H2,1-2H3/t14-,15?,16?,17-,18?,19?,20?,21?,23+,24+,25-,26+/m0/s1. The fourth-order valence-electron chi connectivity index (χ4n) is 9.46. The van der Waals surface area contributed by atoms with E-state index in [2.05, 4.69) is 6.92 Å². The predicted octanol–water partition coefficient (Wildman–Crippen LogP) is 0.466. The zero-order chi connectivity index (χ0) is 25.4. The molecule has 5 aliphatic rings. The van der Waals surface area contributed by atoms with Gasteiger partial charge >= 0.3 is 5.97 Å². The van der Waals surface area contributed by atoms with Gasteiger partial charge in [0.1, 0.15) is 24.4 Å². The first-order valence-corrected chi connectivity index (χ1v) is 13.3. The van der Waals surface area contributed by atoms with E-state index < -0.39 is 54.3 Å². The predicted molar refractivity (Wildman–Crippen MR) is 123 cm³/mol. The number of esters is 1. The number of hydrogen-bond donors (Lipinski definition) is 6. The lowest BCUT2D eigenvalue weighted by atomic mass is 9.41. The average Bonchev–Trinajstić information content (AvgIpc) is 3.04. The first-order chi connectivity index (χ1) is 16.4. The maximum atomic E-state index is 13.7. The maximum absolute atomic E-state index is 13.7.